The van der Waals surface area contributed by atoms with Crippen LogP contribution < -0.4 is 16.0 Å². The molecule has 0 saturated heterocycles. The molecule has 2 aromatic heterocycles. The zero-order chi connectivity index (χ0) is 19.8. The van der Waals surface area contributed by atoms with E-state index in [2.05, 4.69) is 31.1 Å². The number of anilines is 3. The monoisotopic (exact) mass is 396 g/mol. The van der Waals surface area contributed by atoms with Crippen LogP contribution in [-0.2, 0) is 9.59 Å². The summed E-state index contributed by atoms with van der Waals surface area (Å²) in [5.41, 5.74) is 2.97. The third kappa shape index (κ3) is 5.68. The molecule has 3 N–H and O–H groups in total. The molecule has 0 fully saturated rings. The Morgan fingerprint density at radius 1 is 0.929 bits per heavy atom. The van der Waals surface area contributed by atoms with Crippen LogP contribution in [-0.4, -0.2) is 32.9 Å². The van der Waals surface area contributed by atoms with Crippen LogP contribution in [0.25, 0.3) is 0 Å². The topological polar surface area (TPSA) is 126 Å². The largest absolute Gasteiger partial charge is 0.326 e. The number of pyridine rings is 1. The minimum absolute atomic E-state index is 0.0108. The average Bonchev–Trinajstić information content (AvgIpc) is 3.20. The van der Waals surface area contributed by atoms with Gasteiger partial charge >= 0.3 is 0 Å². The molecule has 0 radical (unpaired) electrons. The highest BCUT2D eigenvalue weighted by Crippen LogP contribution is 2.16. The number of hydrogen-bond donors (Lipinski definition) is 3. The van der Waals surface area contributed by atoms with E-state index in [4.69, 9.17) is 0 Å². The number of hydrogen-bond acceptors (Lipinski definition) is 7. The number of carbonyl (C=O) groups excluding carboxylic acids is 3. The van der Waals surface area contributed by atoms with Crippen LogP contribution >= 0.6 is 11.3 Å². The van der Waals surface area contributed by atoms with Crippen molar-refractivity contribution >= 4 is 45.6 Å². The molecule has 2 heterocycles. The Morgan fingerprint density at radius 3 is 2.36 bits per heavy atom. The van der Waals surface area contributed by atoms with Crippen LogP contribution in [0.4, 0.5) is 16.5 Å². The lowest BCUT2D eigenvalue weighted by Crippen LogP contribution is -2.17. The maximum atomic E-state index is 12.2. The van der Waals surface area contributed by atoms with Gasteiger partial charge < -0.3 is 16.0 Å². The van der Waals surface area contributed by atoms with Gasteiger partial charge in [-0.3, -0.25) is 19.4 Å². The third-order valence-electron chi connectivity index (χ3n) is 3.51. The van der Waals surface area contributed by atoms with E-state index in [-0.39, 0.29) is 30.6 Å². The number of aromatic nitrogens is 3. The molecule has 3 amide bonds. The lowest BCUT2D eigenvalue weighted by Gasteiger charge is -2.09. The number of amides is 3. The Balaban J connectivity index is 1.50. The molecule has 0 aliphatic carbocycles. The molecule has 0 unspecified atom stereocenters. The summed E-state index contributed by atoms with van der Waals surface area (Å²) in [7, 11) is 0. The first kappa shape index (κ1) is 19.1. The summed E-state index contributed by atoms with van der Waals surface area (Å²) >= 11 is 1.20. The molecular weight excluding hydrogens is 380 g/mol. The summed E-state index contributed by atoms with van der Waals surface area (Å²) in [6, 6.07) is 10.1. The lowest BCUT2D eigenvalue weighted by atomic mass is 10.2. The highest BCUT2D eigenvalue weighted by atomic mass is 32.1. The minimum Gasteiger partial charge on any atom is -0.326 e. The van der Waals surface area contributed by atoms with Gasteiger partial charge in [-0.15, -0.1) is 10.2 Å². The van der Waals surface area contributed by atoms with Gasteiger partial charge in [0.2, 0.25) is 16.9 Å². The molecule has 9 nitrogen and oxygen atoms in total. The molecule has 142 valence electrons. The Bertz CT molecular complexity index is 962. The minimum atomic E-state index is -0.317. The van der Waals surface area contributed by atoms with Crippen molar-refractivity contribution in [3.63, 3.8) is 0 Å². The van der Waals surface area contributed by atoms with Gasteiger partial charge in [-0.1, -0.05) is 17.4 Å². The van der Waals surface area contributed by atoms with E-state index in [0.29, 0.717) is 22.1 Å². The van der Waals surface area contributed by atoms with Crippen LogP contribution in [0.2, 0.25) is 0 Å². The number of benzene rings is 1. The fourth-order valence-corrected chi connectivity index (χ4v) is 2.70. The van der Waals surface area contributed by atoms with Gasteiger partial charge in [0.1, 0.15) is 5.51 Å². The first-order valence-corrected chi connectivity index (χ1v) is 9.15. The number of nitrogens with one attached hydrogen (secondary N) is 3. The smallest absolute Gasteiger partial charge is 0.257 e. The standard InChI is InChI=1S/C18H16N6O3S/c25-15(6-7-16(26)23-18-24-20-11-28-18)21-13-4-1-5-14(9-13)22-17(27)12-3-2-8-19-10-12/h1-5,8-11H,6-7H2,(H,21,25)(H,22,27)(H,23,24,26). The van der Waals surface area contributed by atoms with Gasteiger partial charge in [0, 0.05) is 36.6 Å². The summed E-state index contributed by atoms with van der Waals surface area (Å²) in [6.45, 7) is 0. The SMILES string of the molecule is O=C(CCC(=O)Nc1nncs1)Nc1cccc(NC(=O)c2cccnc2)c1. The highest BCUT2D eigenvalue weighted by molar-refractivity contribution is 7.13. The van der Waals surface area contributed by atoms with Crippen molar-refractivity contribution in [1.82, 2.24) is 15.2 Å². The molecular formula is C18H16N6O3S. The second-order valence-electron chi connectivity index (χ2n) is 5.62. The van der Waals surface area contributed by atoms with Crippen LogP contribution in [0.15, 0.2) is 54.3 Å². The summed E-state index contributed by atoms with van der Waals surface area (Å²) in [4.78, 5) is 39.9. The molecule has 0 bridgehead atoms. The van der Waals surface area contributed by atoms with Gasteiger partial charge in [0.05, 0.1) is 5.56 Å². The van der Waals surface area contributed by atoms with Crippen molar-refractivity contribution in [1.29, 1.82) is 0 Å². The third-order valence-corrected chi connectivity index (χ3v) is 4.12. The first-order valence-electron chi connectivity index (χ1n) is 8.27. The van der Waals surface area contributed by atoms with E-state index in [1.807, 2.05) is 0 Å². The molecule has 28 heavy (non-hydrogen) atoms. The maximum absolute atomic E-state index is 12.2. The summed E-state index contributed by atoms with van der Waals surface area (Å²) < 4.78 is 0. The van der Waals surface area contributed by atoms with Crippen molar-refractivity contribution in [2.24, 2.45) is 0 Å². The quantitative estimate of drug-likeness (QED) is 0.563. The predicted molar refractivity (Wildman–Crippen MR) is 105 cm³/mol. The summed E-state index contributed by atoms with van der Waals surface area (Å²) in [5, 5.41) is 15.7. The highest BCUT2D eigenvalue weighted by Gasteiger charge is 2.10. The number of nitrogens with zero attached hydrogens (tertiary/aromatic N) is 3. The Labute approximate surface area is 164 Å². The zero-order valence-electron chi connectivity index (χ0n) is 14.6. The molecule has 0 spiro atoms. The van der Waals surface area contributed by atoms with E-state index in [1.54, 1.807) is 42.6 Å². The van der Waals surface area contributed by atoms with E-state index in [0.717, 1.165) is 0 Å². The van der Waals surface area contributed by atoms with Gasteiger partial charge in [-0.2, -0.15) is 0 Å². The molecule has 1 aromatic carbocycles. The normalized spacial score (nSPS) is 10.1. The van der Waals surface area contributed by atoms with Gasteiger partial charge in [0.25, 0.3) is 5.91 Å². The van der Waals surface area contributed by atoms with E-state index >= 15 is 0 Å². The van der Waals surface area contributed by atoms with Crippen LogP contribution in [0.1, 0.15) is 23.2 Å². The van der Waals surface area contributed by atoms with E-state index in [1.165, 1.54) is 23.0 Å². The van der Waals surface area contributed by atoms with Crippen LogP contribution in [0, 0.1) is 0 Å². The van der Waals surface area contributed by atoms with Crippen molar-refractivity contribution in [3.8, 4) is 0 Å². The van der Waals surface area contributed by atoms with E-state index in [9.17, 15) is 14.4 Å². The first-order chi connectivity index (χ1) is 13.6. The number of carbonyl (C=O) groups is 3. The molecule has 0 aliphatic heterocycles. The number of rotatable bonds is 7. The van der Waals surface area contributed by atoms with Crippen LogP contribution in [0.5, 0.6) is 0 Å². The molecule has 0 aliphatic rings. The fourth-order valence-electron chi connectivity index (χ4n) is 2.23. The maximum Gasteiger partial charge on any atom is 0.257 e. The lowest BCUT2D eigenvalue weighted by molar-refractivity contribution is -0.121. The molecule has 0 atom stereocenters. The Kier molecular flexibility index (Phi) is 6.37. The van der Waals surface area contributed by atoms with Crippen molar-refractivity contribution in [2.75, 3.05) is 16.0 Å². The summed E-state index contributed by atoms with van der Waals surface area (Å²) in [6.07, 6.45) is 3.08. The van der Waals surface area contributed by atoms with Crippen molar-refractivity contribution in [3.05, 3.63) is 59.9 Å². The predicted octanol–water partition coefficient (Wildman–Crippen LogP) is 2.54. The molecule has 0 saturated carbocycles. The average molecular weight is 396 g/mol. The zero-order valence-corrected chi connectivity index (χ0v) is 15.4. The molecule has 3 rings (SSSR count). The van der Waals surface area contributed by atoms with Gasteiger partial charge in [-0.05, 0) is 30.3 Å². The summed E-state index contributed by atoms with van der Waals surface area (Å²) in [5.74, 6) is -0.933. The van der Waals surface area contributed by atoms with Gasteiger partial charge in [-0.25, -0.2) is 0 Å². The second-order valence-corrected chi connectivity index (χ2v) is 6.45. The Hall–Kier alpha value is -3.66. The Morgan fingerprint density at radius 2 is 1.68 bits per heavy atom. The van der Waals surface area contributed by atoms with Gasteiger partial charge in [0.15, 0.2) is 0 Å². The van der Waals surface area contributed by atoms with Crippen LogP contribution in [0.3, 0.4) is 0 Å². The second kappa shape index (κ2) is 9.33. The fraction of sp³-hybridized carbons (Fsp3) is 0.111. The van der Waals surface area contributed by atoms with Crippen molar-refractivity contribution < 1.29 is 14.4 Å². The van der Waals surface area contributed by atoms with E-state index < -0.39 is 0 Å². The van der Waals surface area contributed by atoms with Crippen molar-refractivity contribution in [2.45, 2.75) is 12.8 Å². The molecule has 3 aromatic rings. The molecule has 10 heteroatoms.